The molecule has 0 N–H and O–H groups in total. The Morgan fingerprint density at radius 2 is 1.74 bits per heavy atom. The highest BCUT2D eigenvalue weighted by molar-refractivity contribution is 5.73. The van der Waals surface area contributed by atoms with Crippen molar-refractivity contribution in [1.29, 1.82) is 0 Å². The van der Waals surface area contributed by atoms with Crippen molar-refractivity contribution < 1.29 is 14.3 Å². The molecule has 2 unspecified atom stereocenters. The van der Waals surface area contributed by atoms with Crippen LogP contribution in [0.25, 0.3) is 5.95 Å². The predicted molar refractivity (Wildman–Crippen MR) is 101 cm³/mol. The summed E-state index contributed by atoms with van der Waals surface area (Å²) in [7, 11) is 1.68. The number of hydrogen-bond acceptors (Lipinski definition) is 6. The fraction of sp³-hybridized carbons (Fsp3) is 0.600. The van der Waals surface area contributed by atoms with Crippen molar-refractivity contribution in [2.75, 3.05) is 7.11 Å². The van der Waals surface area contributed by atoms with E-state index in [0.29, 0.717) is 5.95 Å². The molecular weight excluding hydrogens is 344 g/mol. The molecule has 1 aliphatic rings. The van der Waals surface area contributed by atoms with Gasteiger partial charge in [-0.3, -0.25) is 4.79 Å². The largest absolute Gasteiger partial charge is 0.459 e. The average Bonchev–Trinajstić information content (AvgIpc) is 2.89. The van der Waals surface area contributed by atoms with Gasteiger partial charge in [-0.05, 0) is 53.0 Å². The lowest BCUT2D eigenvalue weighted by Crippen LogP contribution is -2.36. The van der Waals surface area contributed by atoms with Gasteiger partial charge >= 0.3 is 5.97 Å². The normalized spacial score (nSPS) is 19.9. The first-order valence-corrected chi connectivity index (χ1v) is 9.49. The van der Waals surface area contributed by atoms with E-state index in [9.17, 15) is 4.79 Å². The molecule has 2 atom stereocenters. The Kier molecular flexibility index (Phi) is 5.89. The van der Waals surface area contributed by atoms with Crippen LogP contribution >= 0.6 is 0 Å². The summed E-state index contributed by atoms with van der Waals surface area (Å²) in [5.74, 6) is 0.287. The molecule has 0 saturated heterocycles. The fourth-order valence-corrected chi connectivity index (χ4v) is 3.75. The van der Waals surface area contributed by atoms with Gasteiger partial charge in [-0.15, -0.1) is 0 Å². The Labute approximate surface area is 160 Å². The lowest BCUT2D eigenvalue weighted by molar-refractivity contribution is -0.158. The summed E-state index contributed by atoms with van der Waals surface area (Å²) < 4.78 is 12.9. The Hall–Kier alpha value is -2.28. The Balaban J connectivity index is 1.77. The fourth-order valence-electron chi connectivity index (χ4n) is 3.75. The third kappa shape index (κ3) is 4.35. The standard InChI is InChI=1S/C20H28N4O3/c1-12-10-13(2)22-20(21-12)24-15(4)16(14(3)23-24)11-19(25)27-18-9-7-6-8-17(18)26-5/h10,17-18H,6-9,11H2,1-5H3. The summed E-state index contributed by atoms with van der Waals surface area (Å²) in [5.41, 5.74) is 4.29. The molecule has 1 saturated carbocycles. The van der Waals surface area contributed by atoms with Crippen LogP contribution in [0, 0.1) is 27.7 Å². The Morgan fingerprint density at radius 3 is 2.37 bits per heavy atom. The number of hydrogen-bond donors (Lipinski definition) is 0. The van der Waals surface area contributed by atoms with Gasteiger partial charge < -0.3 is 9.47 Å². The van der Waals surface area contributed by atoms with E-state index in [-0.39, 0.29) is 24.6 Å². The zero-order valence-electron chi connectivity index (χ0n) is 16.8. The number of rotatable bonds is 5. The summed E-state index contributed by atoms with van der Waals surface area (Å²) in [6.07, 6.45) is 4.01. The lowest BCUT2D eigenvalue weighted by atomic mass is 9.94. The average molecular weight is 372 g/mol. The minimum atomic E-state index is -0.240. The minimum Gasteiger partial charge on any atom is -0.459 e. The van der Waals surface area contributed by atoms with Crippen molar-refractivity contribution in [3.8, 4) is 5.95 Å². The molecule has 7 nitrogen and oxygen atoms in total. The van der Waals surface area contributed by atoms with Crippen LogP contribution < -0.4 is 0 Å². The molecule has 2 aromatic rings. The van der Waals surface area contributed by atoms with Crippen LogP contribution in [0.2, 0.25) is 0 Å². The number of carbonyl (C=O) groups is 1. The maximum Gasteiger partial charge on any atom is 0.310 e. The van der Waals surface area contributed by atoms with Crippen LogP contribution in [0.4, 0.5) is 0 Å². The highest BCUT2D eigenvalue weighted by Gasteiger charge is 2.29. The minimum absolute atomic E-state index is 0.00344. The van der Waals surface area contributed by atoms with Crippen LogP contribution in [-0.4, -0.2) is 45.0 Å². The van der Waals surface area contributed by atoms with Gasteiger partial charge in [0, 0.05) is 29.8 Å². The van der Waals surface area contributed by atoms with E-state index >= 15 is 0 Å². The van der Waals surface area contributed by atoms with E-state index in [2.05, 4.69) is 15.1 Å². The van der Waals surface area contributed by atoms with Gasteiger partial charge in [-0.1, -0.05) is 6.42 Å². The molecule has 27 heavy (non-hydrogen) atoms. The summed E-state index contributed by atoms with van der Waals surface area (Å²) >= 11 is 0. The van der Waals surface area contributed by atoms with Gasteiger partial charge in [0.2, 0.25) is 0 Å². The molecule has 1 aliphatic carbocycles. The maximum absolute atomic E-state index is 12.6. The number of methoxy groups -OCH3 is 1. The first-order chi connectivity index (χ1) is 12.9. The van der Waals surface area contributed by atoms with Crippen molar-refractivity contribution in [2.45, 2.75) is 72.0 Å². The topological polar surface area (TPSA) is 79.1 Å². The van der Waals surface area contributed by atoms with Crippen LogP contribution in [0.15, 0.2) is 6.07 Å². The molecule has 2 aromatic heterocycles. The summed E-state index contributed by atoms with van der Waals surface area (Å²) in [6.45, 7) is 7.69. The number of aromatic nitrogens is 4. The van der Waals surface area contributed by atoms with Crippen LogP contribution in [-0.2, 0) is 20.7 Å². The molecule has 0 amide bonds. The molecule has 0 aromatic carbocycles. The maximum atomic E-state index is 12.6. The molecule has 2 heterocycles. The van der Waals surface area contributed by atoms with E-state index in [1.165, 1.54) is 0 Å². The van der Waals surface area contributed by atoms with Crippen LogP contribution in [0.3, 0.4) is 0 Å². The number of ether oxygens (including phenoxy) is 2. The first kappa shape index (κ1) is 19.5. The van der Waals surface area contributed by atoms with Crippen molar-refractivity contribution in [2.24, 2.45) is 0 Å². The molecule has 0 bridgehead atoms. The SMILES string of the molecule is COC1CCCCC1OC(=O)Cc1c(C)nn(-c2nc(C)cc(C)n2)c1C. The predicted octanol–water partition coefficient (Wildman–Crippen LogP) is 2.94. The summed E-state index contributed by atoms with van der Waals surface area (Å²) in [4.78, 5) is 21.5. The van der Waals surface area contributed by atoms with Gasteiger partial charge in [0.1, 0.15) is 6.10 Å². The van der Waals surface area contributed by atoms with Crippen LogP contribution in [0.5, 0.6) is 0 Å². The number of aryl methyl sites for hydroxylation is 3. The second kappa shape index (κ2) is 8.17. The zero-order valence-corrected chi connectivity index (χ0v) is 16.8. The van der Waals surface area contributed by atoms with Gasteiger partial charge in [0.05, 0.1) is 18.2 Å². The van der Waals surface area contributed by atoms with Gasteiger partial charge in [-0.25, -0.2) is 14.6 Å². The number of nitrogens with zero attached hydrogens (tertiary/aromatic N) is 4. The quantitative estimate of drug-likeness (QED) is 0.751. The second-order valence-electron chi connectivity index (χ2n) is 7.28. The molecule has 0 spiro atoms. The smallest absolute Gasteiger partial charge is 0.310 e. The highest BCUT2D eigenvalue weighted by Crippen LogP contribution is 2.24. The molecule has 0 aliphatic heterocycles. The monoisotopic (exact) mass is 372 g/mol. The van der Waals surface area contributed by atoms with E-state index in [4.69, 9.17) is 9.47 Å². The van der Waals surface area contributed by atoms with E-state index < -0.39 is 0 Å². The molecule has 7 heteroatoms. The lowest BCUT2D eigenvalue weighted by Gasteiger charge is -2.29. The highest BCUT2D eigenvalue weighted by atomic mass is 16.6. The Morgan fingerprint density at radius 1 is 1.11 bits per heavy atom. The van der Waals surface area contributed by atoms with Crippen LogP contribution in [0.1, 0.15) is 54.0 Å². The van der Waals surface area contributed by atoms with E-state index in [1.54, 1.807) is 11.8 Å². The van der Waals surface area contributed by atoms with E-state index in [0.717, 1.165) is 54.0 Å². The van der Waals surface area contributed by atoms with Gasteiger partial charge in [0.15, 0.2) is 0 Å². The second-order valence-corrected chi connectivity index (χ2v) is 7.28. The third-order valence-electron chi connectivity index (χ3n) is 5.15. The zero-order chi connectivity index (χ0) is 19.6. The first-order valence-electron chi connectivity index (χ1n) is 9.49. The number of carbonyl (C=O) groups excluding carboxylic acids is 1. The molecule has 146 valence electrons. The van der Waals surface area contributed by atoms with Gasteiger partial charge in [0.25, 0.3) is 5.95 Å². The van der Waals surface area contributed by atoms with Crippen molar-refractivity contribution in [3.63, 3.8) is 0 Å². The third-order valence-corrected chi connectivity index (χ3v) is 5.15. The van der Waals surface area contributed by atoms with Crippen molar-refractivity contribution in [3.05, 3.63) is 34.4 Å². The molecule has 3 rings (SSSR count). The van der Waals surface area contributed by atoms with Crippen molar-refractivity contribution in [1.82, 2.24) is 19.7 Å². The molecular formula is C20H28N4O3. The van der Waals surface area contributed by atoms with E-state index in [1.807, 2.05) is 33.8 Å². The Bertz CT molecular complexity index is 811. The number of esters is 1. The summed E-state index contributed by atoms with van der Waals surface area (Å²) in [5, 5.41) is 4.55. The molecule has 0 radical (unpaired) electrons. The molecule has 1 fully saturated rings. The van der Waals surface area contributed by atoms with Crippen molar-refractivity contribution >= 4 is 5.97 Å². The van der Waals surface area contributed by atoms with Gasteiger partial charge in [-0.2, -0.15) is 5.10 Å². The summed E-state index contributed by atoms with van der Waals surface area (Å²) in [6, 6.07) is 1.92.